The van der Waals surface area contributed by atoms with Crippen molar-refractivity contribution in [3.05, 3.63) is 0 Å². The lowest BCUT2D eigenvalue weighted by Crippen LogP contribution is -2.45. The molecule has 1 rings (SSSR count). The fraction of sp³-hybridized carbons (Fsp3) is 0.875. The number of esters is 1. The van der Waals surface area contributed by atoms with Crippen LogP contribution in [0.2, 0.25) is 0 Å². The van der Waals surface area contributed by atoms with E-state index < -0.39 is 23.7 Å². The van der Waals surface area contributed by atoms with Crippen LogP contribution in [0.4, 0.5) is 4.79 Å². The Morgan fingerprint density at radius 1 is 1.19 bits per heavy atom. The second kappa shape index (κ2) is 7.66. The summed E-state index contributed by atoms with van der Waals surface area (Å²) in [6.07, 6.45) is 4.63. The molecule has 21 heavy (non-hydrogen) atoms. The van der Waals surface area contributed by atoms with Crippen LogP contribution in [0, 0.1) is 11.8 Å². The molecule has 0 saturated heterocycles. The topological polar surface area (TPSA) is 64.6 Å². The second-order valence-electron chi connectivity index (χ2n) is 7.08. The molecule has 1 amide bonds. The van der Waals surface area contributed by atoms with Crippen LogP contribution in [0.5, 0.6) is 0 Å². The Labute approximate surface area is 127 Å². The third-order valence-electron chi connectivity index (χ3n) is 3.88. The number of amides is 1. The smallest absolute Gasteiger partial charge is 0.408 e. The third kappa shape index (κ3) is 6.82. The zero-order valence-electron chi connectivity index (χ0n) is 13.9. The molecule has 1 aliphatic carbocycles. The first-order valence-corrected chi connectivity index (χ1v) is 7.78. The highest BCUT2D eigenvalue weighted by Gasteiger charge is 2.29. The van der Waals surface area contributed by atoms with E-state index in [0.717, 1.165) is 18.8 Å². The highest BCUT2D eigenvalue weighted by molar-refractivity contribution is 5.81. The number of alkyl carbamates (subject to hydrolysis) is 1. The zero-order chi connectivity index (χ0) is 16.0. The van der Waals surface area contributed by atoms with Crippen LogP contribution in [0.1, 0.15) is 59.8 Å². The summed E-state index contributed by atoms with van der Waals surface area (Å²) < 4.78 is 10.0. The maximum atomic E-state index is 11.9. The van der Waals surface area contributed by atoms with Crippen molar-refractivity contribution in [3.8, 4) is 0 Å². The molecule has 122 valence electrons. The van der Waals surface area contributed by atoms with Crippen molar-refractivity contribution in [1.29, 1.82) is 0 Å². The summed E-state index contributed by atoms with van der Waals surface area (Å²) in [4.78, 5) is 23.7. The van der Waals surface area contributed by atoms with Crippen LogP contribution in [0.25, 0.3) is 0 Å². The third-order valence-corrected chi connectivity index (χ3v) is 3.88. The number of hydrogen-bond donors (Lipinski definition) is 1. The van der Waals surface area contributed by atoms with Gasteiger partial charge in [-0.05, 0) is 39.0 Å². The molecule has 1 saturated carbocycles. The molecule has 1 N–H and O–H groups in total. The van der Waals surface area contributed by atoms with Gasteiger partial charge in [0.15, 0.2) is 0 Å². The molecule has 5 nitrogen and oxygen atoms in total. The quantitative estimate of drug-likeness (QED) is 0.809. The van der Waals surface area contributed by atoms with Crippen LogP contribution in [0.15, 0.2) is 0 Å². The van der Waals surface area contributed by atoms with E-state index in [9.17, 15) is 9.59 Å². The molecule has 0 aliphatic heterocycles. The van der Waals surface area contributed by atoms with E-state index >= 15 is 0 Å². The van der Waals surface area contributed by atoms with Crippen LogP contribution in [-0.4, -0.2) is 30.8 Å². The highest BCUT2D eigenvalue weighted by Crippen LogP contribution is 2.31. The van der Waals surface area contributed by atoms with Gasteiger partial charge >= 0.3 is 12.1 Å². The van der Waals surface area contributed by atoms with Gasteiger partial charge in [-0.15, -0.1) is 0 Å². The molecule has 0 unspecified atom stereocenters. The van der Waals surface area contributed by atoms with E-state index in [1.165, 1.54) is 20.0 Å². The SMILES string of the molecule is COC(=O)[C@H](CC1CCC(C)CC1)NC(=O)OC(C)(C)C. The Morgan fingerprint density at radius 2 is 1.76 bits per heavy atom. The van der Waals surface area contributed by atoms with Gasteiger partial charge in [-0.1, -0.05) is 32.6 Å². The van der Waals surface area contributed by atoms with Gasteiger partial charge in [0.1, 0.15) is 11.6 Å². The molecule has 0 spiro atoms. The summed E-state index contributed by atoms with van der Waals surface area (Å²) >= 11 is 0. The highest BCUT2D eigenvalue weighted by atomic mass is 16.6. The van der Waals surface area contributed by atoms with Crippen molar-refractivity contribution in [2.45, 2.75) is 71.4 Å². The van der Waals surface area contributed by atoms with Crippen molar-refractivity contribution in [2.75, 3.05) is 7.11 Å². The molecule has 0 heterocycles. The minimum absolute atomic E-state index is 0.403. The Bertz CT molecular complexity index is 354. The summed E-state index contributed by atoms with van der Waals surface area (Å²) in [7, 11) is 1.34. The molecule has 1 fully saturated rings. The van der Waals surface area contributed by atoms with Gasteiger partial charge in [-0.3, -0.25) is 0 Å². The van der Waals surface area contributed by atoms with Crippen LogP contribution >= 0.6 is 0 Å². The number of ether oxygens (including phenoxy) is 2. The minimum Gasteiger partial charge on any atom is -0.467 e. The lowest BCUT2D eigenvalue weighted by molar-refractivity contribution is -0.143. The molecular weight excluding hydrogens is 270 g/mol. The van der Waals surface area contributed by atoms with Crippen molar-refractivity contribution < 1.29 is 19.1 Å². The molecule has 0 aromatic carbocycles. The van der Waals surface area contributed by atoms with Gasteiger partial charge < -0.3 is 14.8 Å². The van der Waals surface area contributed by atoms with Crippen LogP contribution in [0.3, 0.4) is 0 Å². The first-order chi connectivity index (χ1) is 9.71. The Kier molecular flexibility index (Phi) is 6.49. The Balaban J connectivity index is 2.55. The monoisotopic (exact) mass is 299 g/mol. The molecule has 5 heteroatoms. The molecule has 0 aromatic rings. The average Bonchev–Trinajstić information content (AvgIpc) is 2.37. The van der Waals surface area contributed by atoms with Gasteiger partial charge in [0.05, 0.1) is 7.11 Å². The van der Waals surface area contributed by atoms with Crippen molar-refractivity contribution in [3.63, 3.8) is 0 Å². The first-order valence-electron chi connectivity index (χ1n) is 7.78. The summed E-state index contributed by atoms with van der Waals surface area (Å²) in [5.74, 6) is 0.816. The lowest BCUT2D eigenvalue weighted by Gasteiger charge is -2.29. The maximum Gasteiger partial charge on any atom is 0.408 e. The number of carbonyl (C=O) groups is 2. The predicted molar refractivity (Wildman–Crippen MR) is 80.9 cm³/mol. The molecule has 1 aliphatic rings. The molecule has 1 atom stereocenters. The maximum absolute atomic E-state index is 11.9. The van der Waals surface area contributed by atoms with Gasteiger partial charge in [0.2, 0.25) is 0 Å². The first kappa shape index (κ1) is 17.8. The number of hydrogen-bond acceptors (Lipinski definition) is 4. The minimum atomic E-state index is -0.622. The Hall–Kier alpha value is -1.26. The molecule has 0 radical (unpaired) electrons. The number of carbonyl (C=O) groups excluding carboxylic acids is 2. The molecule has 0 bridgehead atoms. The zero-order valence-corrected chi connectivity index (χ0v) is 13.9. The van der Waals surface area contributed by atoms with Gasteiger partial charge in [-0.25, -0.2) is 9.59 Å². The summed E-state index contributed by atoms with van der Waals surface area (Å²) in [5, 5.41) is 2.65. The fourth-order valence-electron chi connectivity index (χ4n) is 2.70. The number of rotatable bonds is 4. The fourth-order valence-corrected chi connectivity index (χ4v) is 2.70. The number of nitrogens with one attached hydrogen (secondary N) is 1. The van der Waals surface area contributed by atoms with Gasteiger partial charge in [0.25, 0.3) is 0 Å². The lowest BCUT2D eigenvalue weighted by atomic mass is 9.80. The van der Waals surface area contributed by atoms with E-state index in [1.807, 2.05) is 0 Å². The van der Waals surface area contributed by atoms with E-state index in [2.05, 4.69) is 12.2 Å². The van der Waals surface area contributed by atoms with Crippen molar-refractivity contribution >= 4 is 12.1 Å². The van der Waals surface area contributed by atoms with Crippen LogP contribution in [-0.2, 0) is 14.3 Å². The van der Waals surface area contributed by atoms with Crippen molar-refractivity contribution in [1.82, 2.24) is 5.32 Å². The normalized spacial score (nSPS) is 24.0. The summed E-state index contributed by atoms with van der Waals surface area (Å²) in [6, 6.07) is -0.622. The summed E-state index contributed by atoms with van der Waals surface area (Å²) in [6.45, 7) is 7.64. The van der Waals surface area contributed by atoms with Crippen LogP contribution < -0.4 is 5.32 Å². The van der Waals surface area contributed by atoms with E-state index in [-0.39, 0.29) is 0 Å². The van der Waals surface area contributed by atoms with Gasteiger partial charge in [-0.2, -0.15) is 0 Å². The largest absolute Gasteiger partial charge is 0.467 e. The molecule has 0 aromatic heterocycles. The van der Waals surface area contributed by atoms with E-state index in [4.69, 9.17) is 9.47 Å². The molecular formula is C16H29NO4. The summed E-state index contributed by atoms with van der Waals surface area (Å²) in [5.41, 5.74) is -0.578. The van der Waals surface area contributed by atoms with E-state index in [1.54, 1.807) is 20.8 Å². The Morgan fingerprint density at radius 3 is 2.24 bits per heavy atom. The van der Waals surface area contributed by atoms with Crippen molar-refractivity contribution in [2.24, 2.45) is 11.8 Å². The predicted octanol–water partition coefficient (Wildman–Crippen LogP) is 3.27. The van der Waals surface area contributed by atoms with Gasteiger partial charge in [0, 0.05) is 0 Å². The second-order valence-corrected chi connectivity index (χ2v) is 7.08. The standard InChI is InChI=1S/C16H29NO4/c1-11-6-8-12(9-7-11)10-13(14(18)20-5)17-15(19)21-16(2,3)4/h11-13H,6-10H2,1-5H3,(H,17,19)/t11?,12?,13-/m0/s1. The number of methoxy groups -OCH3 is 1. The van der Waals surface area contributed by atoms with E-state index in [0.29, 0.717) is 12.3 Å². The average molecular weight is 299 g/mol.